The molecular weight excluding hydrogens is 324 g/mol. The van der Waals surface area contributed by atoms with Gasteiger partial charge in [-0.3, -0.25) is 9.79 Å². The second kappa shape index (κ2) is 9.04. The van der Waals surface area contributed by atoms with Crippen LogP contribution in [0.5, 0.6) is 0 Å². The van der Waals surface area contributed by atoms with Gasteiger partial charge in [-0.1, -0.05) is 42.5 Å². The first-order valence-electron chi connectivity index (χ1n) is 9.14. The summed E-state index contributed by atoms with van der Waals surface area (Å²) in [7, 11) is 1.78. The van der Waals surface area contributed by atoms with Gasteiger partial charge in [0.2, 0.25) is 5.91 Å². The summed E-state index contributed by atoms with van der Waals surface area (Å²) in [6.07, 6.45) is 2.57. The number of hydrogen-bond acceptors (Lipinski definition) is 2. The topological polar surface area (TPSA) is 56.7 Å². The molecule has 1 saturated heterocycles. The average molecular weight is 350 g/mol. The van der Waals surface area contributed by atoms with Gasteiger partial charge in [-0.15, -0.1) is 0 Å². The summed E-state index contributed by atoms with van der Waals surface area (Å²) in [5.41, 5.74) is 3.45. The Bertz CT molecular complexity index is 740. The number of carbonyl (C=O) groups is 1. The van der Waals surface area contributed by atoms with Gasteiger partial charge in [0.25, 0.3) is 0 Å². The molecule has 5 heteroatoms. The van der Waals surface area contributed by atoms with Crippen LogP contribution in [-0.2, 0) is 17.8 Å². The smallest absolute Gasteiger partial charge is 0.227 e. The maximum absolute atomic E-state index is 11.8. The van der Waals surface area contributed by atoms with Crippen molar-refractivity contribution in [3.8, 4) is 0 Å². The van der Waals surface area contributed by atoms with Gasteiger partial charge in [0.05, 0.1) is 0 Å². The van der Waals surface area contributed by atoms with Crippen molar-refractivity contribution in [1.82, 2.24) is 10.6 Å². The minimum absolute atomic E-state index is 0.221. The van der Waals surface area contributed by atoms with Crippen LogP contribution in [0, 0.1) is 0 Å². The third-order valence-corrected chi connectivity index (χ3v) is 4.55. The number of hydrogen-bond donors (Lipinski definition) is 2. The Kier molecular flexibility index (Phi) is 6.25. The van der Waals surface area contributed by atoms with Crippen molar-refractivity contribution in [2.75, 3.05) is 25.0 Å². The van der Waals surface area contributed by atoms with Gasteiger partial charge < -0.3 is 15.5 Å². The molecule has 0 aliphatic carbocycles. The van der Waals surface area contributed by atoms with Gasteiger partial charge >= 0.3 is 0 Å². The van der Waals surface area contributed by atoms with Gasteiger partial charge in [0, 0.05) is 38.8 Å². The monoisotopic (exact) mass is 350 g/mol. The molecule has 2 aromatic carbocycles. The highest BCUT2D eigenvalue weighted by atomic mass is 16.2. The Morgan fingerprint density at radius 3 is 2.46 bits per heavy atom. The molecule has 26 heavy (non-hydrogen) atoms. The molecule has 0 radical (unpaired) electrons. The van der Waals surface area contributed by atoms with E-state index in [4.69, 9.17) is 0 Å². The maximum atomic E-state index is 11.8. The van der Waals surface area contributed by atoms with Crippen molar-refractivity contribution in [3.05, 3.63) is 65.7 Å². The van der Waals surface area contributed by atoms with E-state index in [1.807, 2.05) is 23.1 Å². The zero-order valence-electron chi connectivity index (χ0n) is 15.2. The molecule has 0 aromatic heterocycles. The number of amides is 1. The minimum Gasteiger partial charge on any atom is -0.356 e. The van der Waals surface area contributed by atoms with E-state index in [1.54, 1.807) is 7.05 Å². The highest BCUT2D eigenvalue weighted by Crippen LogP contribution is 2.21. The average Bonchev–Trinajstić information content (AvgIpc) is 3.12. The molecule has 1 heterocycles. The molecule has 3 rings (SSSR count). The molecule has 0 spiro atoms. The van der Waals surface area contributed by atoms with Crippen molar-refractivity contribution in [1.29, 1.82) is 0 Å². The molecule has 1 amide bonds. The zero-order chi connectivity index (χ0) is 18.2. The zero-order valence-corrected chi connectivity index (χ0v) is 15.2. The molecule has 1 aliphatic rings. The van der Waals surface area contributed by atoms with E-state index in [2.05, 4.69) is 52.0 Å². The fraction of sp³-hybridized carbons (Fsp3) is 0.333. The van der Waals surface area contributed by atoms with Crippen LogP contribution in [0.4, 0.5) is 5.69 Å². The van der Waals surface area contributed by atoms with Crippen LogP contribution >= 0.6 is 0 Å². The molecule has 2 aromatic rings. The first-order chi connectivity index (χ1) is 12.8. The minimum atomic E-state index is 0.221. The predicted octanol–water partition coefficient (Wildman–Crippen LogP) is 2.72. The van der Waals surface area contributed by atoms with Crippen LogP contribution in [0.2, 0.25) is 0 Å². The number of nitrogens with zero attached hydrogens (tertiary/aromatic N) is 2. The lowest BCUT2D eigenvalue weighted by Gasteiger charge is -2.16. The molecule has 2 N–H and O–H groups in total. The Balaban J connectivity index is 1.45. The van der Waals surface area contributed by atoms with E-state index < -0.39 is 0 Å². The molecular formula is C21H26N4O. The summed E-state index contributed by atoms with van der Waals surface area (Å²) in [6.45, 7) is 2.35. The first-order valence-corrected chi connectivity index (χ1v) is 9.14. The van der Waals surface area contributed by atoms with Gasteiger partial charge in [-0.25, -0.2) is 0 Å². The summed E-state index contributed by atoms with van der Waals surface area (Å²) >= 11 is 0. The Hall–Kier alpha value is -2.82. The predicted molar refractivity (Wildman–Crippen MR) is 106 cm³/mol. The van der Waals surface area contributed by atoms with Crippen LogP contribution in [0.3, 0.4) is 0 Å². The summed E-state index contributed by atoms with van der Waals surface area (Å²) in [5, 5.41) is 6.66. The molecule has 136 valence electrons. The van der Waals surface area contributed by atoms with Crippen LogP contribution in [0.1, 0.15) is 24.0 Å². The molecule has 5 nitrogen and oxygen atoms in total. The van der Waals surface area contributed by atoms with E-state index in [1.165, 1.54) is 5.56 Å². The highest BCUT2D eigenvalue weighted by molar-refractivity contribution is 5.95. The summed E-state index contributed by atoms with van der Waals surface area (Å²) < 4.78 is 0. The summed E-state index contributed by atoms with van der Waals surface area (Å²) in [6, 6.07) is 18.6. The molecule has 1 aliphatic heterocycles. The lowest BCUT2D eigenvalue weighted by molar-refractivity contribution is -0.117. The van der Waals surface area contributed by atoms with Gasteiger partial charge in [-0.05, 0) is 36.1 Å². The molecule has 0 atom stereocenters. The van der Waals surface area contributed by atoms with E-state index in [9.17, 15) is 4.79 Å². The fourth-order valence-corrected chi connectivity index (χ4v) is 3.09. The lowest BCUT2D eigenvalue weighted by atomic mass is 10.1. The van der Waals surface area contributed by atoms with Crippen molar-refractivity contribution in [2.45, 2.75) is 25.8 Å². The van der Waals surface area contributed by atoms with Crippen LogP contribution in [0.25, 0.3) is 0 Å². The van der Waals surface area contributed by atoms with Crippen LogP contribution in [0.15, 0.2) is 59.6 Å². The Morgan fingerprint density at radius 1 is 1.04 bits per heavy atom. The van der Waals surface area contributed by atoms with Crippen LogP contribution < -0.4 is 15.5 Å². The molecule has 0 bridgehead atoms. The van der Waals surface area contributed by atoms with Gasteiger partial charge in [0.1, 0.15) is 0 Å². The molecule has 0 saturated carbocycles. The Morgan fingerprint density at radius 2 is 1.81 bits per heavy atom. The number of guanidine groups is 1. The number of aliphatic imine (C=N–C) groups is 1. The van der Waals surface area contributed by atoms with Crippen molar-refractivity contribution >= 4 is 17.6 Å². The van der Waals surface area contributed by atoms with E-state index in [0.29, 0.717) is 13.0 Å². The van der Waals surface area contributed by atoms with Crippen molar-refractivity contribution in [2.24, 2.45) is 4.99 Å². The second-order valence-corrected chi connectivity index (χ2v) is 6.40. The van der Waals surface area contributed by atoms with E-state index in [-0.39, 0.29) is 5.91 Å². The first kappa shape index (κ1) is 18.0. The maximum Gasteiger partial charge on any atom is 0.227 e. The third-order valence-electron chi connectivity index (χ3n) is 4.55. The standard InChI is InChI=1S/C21H26N4O/c1-22-21(23-14-13-17-6-3-2-4-7-17)24-16-18-9-11-19(12-10-18)25-15-5-8-20(25)26/h2-4,6-7,9-12H,5,8,13-16H2,1H3,(H2,22,23,24). The summed E-state index contributed by atoms with van der Waals surface area (Å²) in [5.74, 6) is 1.01. The molecule has 0 unspecified atom stereocenters. The fourth-order valence-electron chi connectivity index (χ4n) is 3.09. The van der Waals surface area contributed by atoms with Gasteiger partial charge in [-0.2, -0.15) is 0 Å². The SMILES string of the molecule is CN=C(NCCc1ccccc1)NCc1ccc(N2CCCC2=O)cc1. The highest BCUT2D eigenvalue weighted by Gasteiger charge is 2.21. The lowest BCUT2D eigenvalue weighted by Crippen LogP contribution is -2.37. The third kappa shape index (κ3) is 4.85. The molecule has 1 fully saturated rings. The van der Waals surface area contributed by atoms with Crippen molar-refractivity contribution < 1.29 is 4.79 Å². The van der Waals surface area contributed by atoms with Gasteiger partial charge in [0.15, 0.2) is 5.96 Å². The van der Waals surface area contributed by atoms with E-state index in [0.717, 1.165) is 43.1 Å². The quantitative estimate of drug-likeness (QED) is 0.622. The van der Waals surface area contributed by atoms with Crippen molar-refractivity contribution in [3.63, 3.8) is 0 Å². The van der Waals surface area contributed by atoms with E-state index >= 15 is 0 Å². The Labute approximate surface area is 155 Å². The number of carbonyl (C=O) groups excluding carboxylic acids is 1. The van der Waals surface area contributed by atoms with Crippen LogP contribution in [-0.4, -0.2) is 32.0 Å². The normalized spacial score (nSPS) is 14.6. The number of rotatable bonds is 6. The number of benzene rings is 2. The second-order valence-electron chi connectivity index (χ2n) is 6.40. The summed E-state index contributed by atoms with van der Waals surface area (Å²) in [4.78, 5) is 17.9. The number of nitrogens with one attached hydrogen (secondary N) is 2. The number of anilines is 1. The largest absolute Gasteiger partial charge is 0.356 e.